The summed E-state index contributed by atoms with van der Waals surface area (Å²) in [5.41, 5.74) is 9.33. The number of nitrogen functional groups attached to an aromatic ring is 1. The molecule has 0 saturated carbocycles. The number of anilines is 3. The molecule has 0 saturated heterocycles. The van der Waals surface area contributed by atoms with Crippen LogP contribution >= 0.6 is 23.1 Å². The number of benzene rings is 2. The van der Waals surface area contributed by atoms with Crippen LogP contribution in [0.4, 0.5) is 22.3 Å². The Morgan fingerprint density at radius 3 is 2.54 bits per heavy atom. The van der Waals surface area contributed by atoms with Gasteiger partial charge in [-0.1, -0.05) is 23.9 Å². The highest BCUT2D eigenvalue weighted by Crippen LogP contribution is 2.42. The molecular weight excluding hydrogens is 508 g/mol. The van der Waals surface area contributed by atoms with Gasteiger partial charge in [0.1, 0.15) is 35.0 Å². The molecule has 37 heavy (non-hydrogen) atoms. The highest BCUT2D eigenvalue weighted by atomic mass is 32.2. The molecule has 0 aliphatic rings. The van der Waals surface area contributed by atoms with Gasteiger partial charge in [-0.3, -0.25) is 0 Å². The van der Waals surface area contributed by atoms with Crippen LogP contribution in [0.5, 0.6) is 11.5 Å². The molecule has 11 heteroatoms. The number of aliphatic hydroxyl groups is 1. The maximum Gasteiger partial charge on any atom is 0.236 e. The summed E-state index contributed by atoms with van der Waals surface area (Å²) in [6, 6.07) is 16.7. The van der Waals surface area contributed by atoms with Crippen LogP contribution in [-0.4, -0.2) is 35.4 Å². The van der Waals surface area contributed by atoms with E-state index in [9.17, 15) is 5.26 Å². The van der Waals surface area contributed by atoms with Crippen molar-refractivity contribution in [3.05, 3.63) is 76.6 Å². The lowest BCUT2D eigenvalue weighted by molar-refractivity contribution is 0.201. The zero-order valence-corrected chi connectivity index (χ0v) is 21.4. The highest BCUT2D eigenvalue weighted by molar-refractivity contribution is 7.98. The van der Waals surface area contributed by atoms with E-state index in [1.807, 2.05) is 29.6 Å². The Morgan fingerprint density at radius 2 is 1.89 bits per heavy atom. The normalized spacial score (nSPS) is 10.4. The maximum atomic E-state index is 10.0. The van der Waals surface area contributed by atoms with Gasteiger partial charge in [0.05, 0.1) is 31.5 Å². The van der Waals surface area contributed by atoms with Crippen LogP contribution in [0, 0.1) is 17.9 Å². The summed E-state index contributed by atoms with van der Waals surface area (Å²) in [6.45, 7) is 7.70. The fraction of sp³-hybridized carbons (Fsp3) is 0.154. The van der Waals surface area contributed by atoms with Crippen molar-refractivity contribution in [1.82, 2.24) is 9.97 Å². The summed E-state index contributed by atoms with van der Waals surface area (Å²) in [6.07, 6.45) is 0. The average molecular weight is 531 g/mol. The van der Waals surface area contributed by atoms with E-state index in [0.29, 0.717) is 27.7 Å². The molecule has 4 N–H and O–H groups in total. The summed E-state index contributed by atoms with van der Waals surface area (Å²) < 4.78 is 10.6. The highest BCUT2D eigenvalue weighted by Gasteiger charge is 2.21. The predicted octanol–water partition coefficient (Wildman–Crippen LogP) is 5.63. The van der Waals surface area contributed by atoms with Gasteiger partial charge in [-0.25, -0.2) is 14.8 Å². The fourth-order valence-corrected chi connectivity index (χ4v) is 5.15. The molecule has 186 valence electrons. The van der Waals surface area contributed by atoms with Gasteiger partial charge in [0.15, 0.2) is 5.13 Å². The van der Waals surface area contributed by atoms with Crippen LogP contribution in [0.2, 0.25) is 0 Å². The van der Waals surface area contributed by atoms with Crippen molar-refractivity contribution in [3.63, 3.8) is 0 Å². The van der Waals surface area contributed by atoms with Gasteiger partial charge in [0.2, 0.25) is 5.69 Å². The molecular formula is C26H22N6O3S2. The smallest absolute Gasteiger partial charge is 0.236 e. The first kappa shape index (κ1) is 25.8. The second kappa shape index (κ2) is 12.1. The van der Waals surface area contributed by atoms with Gasteiger partial charge in [-0.15, -0.1) is 11.3 Å². The third kappa shape index (κ3) is 6.11. The van der Waals surface area contributed by atoms with Crippen LogP contribution in [0.15, 0.2) is 58.9 Å². The molecule has 2 aromatic heterocycles. The van der Waals surface area contributed by atoms with Crippen LogP contribution in [0.25, 0.3) is 16.0 Å². The van der Waals surface area contributed by atoms with E-state index in [1.54, 1.807) is 31.4 Å². The van der Waals surface area contributed by atoms with Gasteiger partial charge in [0, 0.05) is 22.4 Å². The van der Waals surface area contributed by atoms with Crippen LogP contribution in [0.1, 0.15) is 11.3 Å². The van der Waals surface area contributed by atoms with E-state index >= 15 is 0 Å². The second-order valence-corrected chi connectivity index (χ2v) is 9.33. The van der Waals surface area contributed by atoms with Gasteiger partial charge < -0.3 is 25.6 Å². The predicted molar refractivity (Wildman–Crippen MR) is 146 cm³/mol. The quantitative estimate of drug-likeness (QED) is 0.176. The monoisotopic (exact) mass is 530 g/mol. The van der Waals surface area contributed by atoms with E-state index in [4.69, 9.17) is 26.9 Å². The van der Waals surface area contributed by atoms with Gasteiger partial charge in [0.25, 0.3) is 0 Å². The number of nitrogens with one attached hydrogen (secondary N) is 1. The van der Waals surface area contributed by atoms with E-state index in [2.05, 4.69) is 26.2 Å². The van der Waals surface area contributed by atoms with Gasteiger partial charge >= 0.3 is 0 Å². The molecule has 2 aromatic carbocycles. The number of nitrogens with zero attached hydrogens (tertiary/aromatic N) is 4. The molecule has 9 nitrogen and oxygen atoms in total. The van der Waals surface area contributed by atoms with Crippen molar-refractivity contribution in [1.29, 1.82) is 5.26 Å². The SMILES string of the molecule is [C-]#[N+]c1c(N)nc(SCc2csc(Nc3ccc(OC)cc3)n2)c(C#N)c1-c1ccc(OCCO)cc1. The van der Waals surface area contributed by atoms with Crippen molar-refractivity contribution in [2.75, 3.05) is 31.4 Å². The Morgan fingerprint density at radius 1 is 1.16 bits per heavy atom. The number of nitrogens with two attached hydrogens (primary N) is 1. The molecule has 0 amide bonds. The number of methoxy groups -OCH3 is 1. The number of hydrogen-bond acceptors (Lipinski definition) is 10. The largest absolute Gasteiger partial charge is 0.497 e. The molecule has 0 atom stereocenters. The van der Waals surface area contributed by atoms with E-state index in [0.717, 1.165) is 22.3 Å². The van der Waals surface area contributed by atoms with Crippen molar-refractivity contribution in [2.45, 2.75) is 10.8 Å². The minimum absolute atomic E-state index is 0.0623. The lowest BCUT2D eigenvalue weighted by atomic mass is 10.00. The number of thiazole rings is 1. The standard InChI is InChI=1S/C26H22N6O3S2/c1-29-23-22(16-3-7-20(8-4-16)35-12-11-33)21(13-27)25(32-24(23)28)36-14-18-15-37-26(31-18)30-17-5-9-19(34-2)10-6-17/h3-10,15,33H,11-12,14H2,2H3,(H2,28,32)(H,30,31). The van der Waals surface area contributed by atoms with Crippen molar-refractivity contribution < 1.29 is 14.6 Å². The van der Waals surface area contributed by atoms with Crippen molar-refractivity contribution in [2.24, 2.45) is 0 Å². The number of hydrogen-bond donors (Lipinski definition) is 3. The Kier molecular flexibility index (Phi) is 8.44. The van der Waals surface area contributed by atoms with Crippen molar-refractivity contribution in [3.8, 4) is 28.7 Å². The minimum atomic E-state index is -0.0955. The summed E-state index contributed by atoms with van der Waals surface area (Å²) in [4.78, 5) is 12.5. The number of ether oxygens (including phenoxy) is 2. The molecule has 0 spiro atoms. The van der Waals surface area contributed by atoms with Crippen LogP contribution < -0.4 is 20.5 Å². The lowest BCUT2D eigenvalue weighted by Crippen LogP contribution is -2.02. The molecule has 0 radical (unpaired) electrons. The first-order valence-electron chi connectivity index (χ1n) is 11.0. The molecule has 4 rings (SSSR count). The number of aromatic nitrogens is 2. The second-order valence-electron chi connectivity index (χ2n) is 7.51. The summed E-state index contributed by atoms with van der Waals surface area (Å²) in [5, 5.41) is 25.3. The molecule has 4 aromatic rings. The Hall–Kier alpha value is -4.29. The minimum Gasteiger partial charge on any atom is -0.497 e. The molecule has 2 heterocycles. The molecule has 0 fully saturated rings. The lowest BCUT2D eigenvalue weighted by Gasteiger charge is -2.13. The summed E-state index contributed by atoms with van der Waals surface area (Å²) >= 11 is 2.81. The van der Waals surface area contributed by atoms with E-state index in [-0.39, 0.29) is 30.3 Å². The number of rotatable bonds is 10. The number of pyridine rings is 1. The number of thioether (sulfide) groups is 1. The van der Waals surface area contributed by atoms with Gasteiger partial charge in [-0.2, -0.15) is 5.26 Å². The number of aliphatic hydroxyl groups excluding tert-OH is 1. The Labute approximate surface area is 222 Å². The van der Waals surface area contributed by atoms with E-state index in [1.165, 1.54) is 23.1 Å². The maximum absolute atomic E-state index is 10.0. The van der Waals surface area contributed by atoms with E-state index < -0.39 is 0 Å². The summed E-state index contributed by atoms with van der Waals surface area (Å²) in [7, 11) is 1.62. The summed E-state index contributed by atoms with van der Waals surface area (Å²) in [5.74, 6) is 1.87. The first-order valence-corrected chi connectivity index (χ1v) is 12.9. The number of nitriles is 1. The van der Waals surface area contributed by atoms with Crippen molar-refractivity contribution >= 4 is 45.4 Å². The zero-order valence-electron chi connectivity index (χ0n) is 19.8. The fourth-order valence-electron chi connectivity index (χ4n) is 3.43. The van der Waals surface area contributed by atoms with Gasteiger partial charge in [-0.05, 0) is 42.0 Å². The molecule has 0 bridgehead atoms. The van der Waals surface area contributed by atoms with Crippen LogP contribution in [-0.2, 0) is 5.75 Å². The molecule has 0 unspecified atom stereocenters. The topological polar surface area (TPSA) is 131 Å². The third-order valence-electron chi connectivity index (χ3n) is 5.14. The Balaban J connectivity index is 1.55. The molecule has 0 aliphatic carbocycles. The molecule has 0 aliphatic heterocycles. The van der Waals surface area contributed by atoms with Crippen LogP contribution in [0.3, 0.4) is 0 Å². The Bertz CT molecular complexity index is 1460. The average Bonchev–Trinajstić information content (AvgIpc) is 3.38. The first-order chi connectivity index (χ1) is 18.1. The third-order valence-corrected chi connectivity index (χ3v) is 6.96. The zero-order chi connectivity index (χ0) is 26.2.